The molecule has 148 valence electrons. The van der Waals surface area contributed by atoms with Crippen LogP contribution in [0.1, 0.15) is 30.2 Å². The molecular formula is C19H21N3O3S3. The number of rotatable bonds is 6. The van der Waals surface area contributed by atoms with E-state index in [4.69, 9.17) is 4.98 Å². The highest BCUT2D eigenvalue weighted by Gasteiger charge is 2.27. The number of thiazole rings is 1. The molecule has 4 rings (SSSR count). The maximum absolute atomic E-state index is 12.6. The van der Waals surface area contributed by atoms with Gasteiger partial charge in [-0.15, -0.1) is 22.7 Å². The van der Waals surface area contributed by atoms with Gasteiger partial charge in [-0.1, -0.05) is 18.2 Å². The highest BCUT2D eigenvalue weighted by molar-refractivity contribution is 7.91. The van der Waals surface area contributed by atoms with Gasteiger partial charge in [0.15, 0.2) is 0 Å². The number of nitrogens with one attached hydrogen (secondary N) is 1. The predicted octanol–water partition coefficient (Wildman–Crippen LogP) is 3.43. The summed E-state index contributed by atoms with van der Waals surface area (Å²) >= 11 is 2.86. The molecule has 1 atom stereocenters. The Bertz CT molecular complexity index is 1030. The Morgan fingerprint density at radius 1 is 1.25 bits per heavy atom. The summed E-state index contributed by atoms with van der Waals surface area (Å²) in [7, 11) is -3.52. The highest BCUT2D eigenvalue weighted by atomic mass is 32.2. The summed E-state index contributed by atoms with van der Waals surface area (Å²) in [5, 5.41) is 2.80. The van der Waals surface area contributed by atoms with Crippen molar-refractivity contribution in [2.24, 2.45) is 0 Å². The van der Waals surface area contributed by atoms with Crippen LogP contribution < -0.4 is 4.72 Å². The fourth-order valence-electron chi connectivity index (χ4n) is 3.41. The van der Waals surface area contributed by atoms with E-state index in [0.717, 1.165) is 41.2 Å². The van der Waals surface area contributed by atoms with Crippen LogP contribution in [0.4, 0.5) is 0 Å². The van der Waals surface area contributed by atoms with Crippen molar-refractivity contribution in [1.82, 2.24) is 14.6 Å². The van der Waals surface area contributed by atoms with Gasteiger partial charge in [0, 0.05) is 32.0 Å². The first-order chi connectivity index (χ1) is 13.5. The van der Waals surface area contributed by atoms with Crippen LogP contribution in [0, 0.1) is 0 Å². The van der Waals surface area contributed by atoms with Crippen LogP contribution in [-0.4, -0.2) is 43.8 Å². The van der Waals surface area contributed by atoms with E-state index in [-0.39, 0.29) is 29.0 Å². The van der Waals surface area contributed by atoms with Gasteiger partial charge in [0.25, 0.3) is 0 Å². The topological polar surface area (TPSA) is 79.4 Å². The number of benzene rings is 1. The zero-order valence-electron chi connectivity index (χ0n) is 15.2. The van der Waals surface area contributed by atoms with Crippen LogP contribution in [0.5, 0.6) is 0 Å². The van der Waals surface area contributed by atoms with Crippen LogP contribution in [0.15, 0.2) is 46.0 Å². The Balaban J connectivity index is 1.34. The van der Waals surface area contributed by atoms with Gasteiger partial charge in [-0.25, -0.2) is 18.1 Å². The zero-order valence-corrected chi connectivity index (χ0v) is 17.7. The second kappa shape index (κ2) is 8.28. The average Bonchev–Trinajstić information content (AvgIpc) is 3.38. The quantitative estimate of drug-likeness (QED) is 0.643. The lowest BCUT2D eigenvalue weighted by molar-refractivity contribution is -0.132. The first-order valence-electron chi connectivity index (χ1n) is 9.19. The molecule has 0 spiro atoms. The maximum Gasteiger partial charge on any atom is 0.250 e. The lowest BCUT2D eigenvalue weighted by atomic mass is 9.98. The van der Waals surface area contributed by atoms with Crippen molar-refractivity contribution in [2.45, 2.75) is 29.4 Å². The van der Waals surface area contributed by atoms with Gasteiger partial charge in [0.2, 0.25) is 15.9 Å². The number of nitrogens with zero attached hydrogens (tertiary/aromatic N) is 2. The monoisotopic (exact) mass is 435 g/mol. The molecule has 0 saturated carbocycles. The van der Waals surface area contributed by atoms with Crippen molar-refractivity contribution in [2.75, 3.05) is 19.6 Å². The van der Waals surface area contributed by atoms with Crippen molar-refractivity contribution < 1.29 is 13.2 Å². The normalized spacial score (nSPS) is 17.9. The fraction of sp³-hybridized carbons (Fsp3) is 0.368. The number of piperidine rings is 1. The number of amides is 1. The Hall–Kier alpha value is -1.81. The third-order valence-corrected chi connectivity index (χ3v) is 8.88. The van der Waals surface area contributed by atoms with E-state index in [0.29, 0.717) is 6.54 Å². The van der Waals surface area contributed by atoms with Crippen molar-refractivity contribution in [3.63, 3.8) is 0 Å². The number of carbonyl (C=O) groups is 1. The second-order valence-electron chi connectivity index (χ2n) is 6.78. The minimum Gasteiger partial charge on any atom is -0.342 e. The highest BCUT2D eigenvalue weighted by Crippen LogP contribution is 2.33. The van der Waals surface area contributed by atoms with E-state index in [1.54, 1.807) is 28.8 Å². The number of fused-ring (bicyclic) bond motifs is 1. The number of para-hydroxylation sites is 1. The molecule has 1 fully saturated rings. The average molecular weight is 436 g/mol. The van der Waals surface area contributed by atoms with Crippen molar-refractivity contribution >= 4 is 48.8 Å². The smallest absolute Gasteiger partial charge is 0.250 e. The Labute approximate surface area is 172 Å². The number of aromatic nitrogens is 1. The number of thiophene rings is 1. The molecule has 1 aliphatic heterocycles. The summed E-state index contributed by atoms with van der Waals surface area (Å²) < 4.78 is 28.2. The molecule has 1 aliphatic rings. The van der Waals surface area contributed by atoms with E-state index in [9.17, 15) is 13.2 Å². The third-order valence-electron chi connectivity index (χ3n) is 4.82. The SMILES string of the molecule is O=C(CCNS(=O)(=O)c1cccs1)N1CCC[C@@H](c2nc3ccccc3s2)C1. The molecule has 0 aliphatic carbocycles. The van der Waals surface area contributed by atoms with E-state index in [2.05, 4.69) is 10.8 Å². The van der Waals surface area contributed by atoms with Crippen LogP contribution in [-0.2, 0) is 14.8 Å². The van der Waals surface area contributed by atoms with Gasteiger partial charge in [0.1, 0.15) is 4.21 Å². The van der Waals surface area contributed by atoms with Gasteiger partial charge in [-0.3, -0.25) is 4.79 Å². The summed E-state index contributed by atoms with van der Waals surface area (Å²) in [5.41, 5.74) is 1.01. The van der Waals surface area contributed by atoms with Gasteiger partial charge in [-0.05, 0) is 36.4 Å². The van der Waals surface area contributed by atoms with Crippen molar-refractivity contribution in [3.05, 3.63) is 46.8 Å². The van der Waals surface area contributed by atoms with E-state index in [1.807, 2.05) is 23.1 Å². The molecule has 0 unspecified atom stereocenters. The number of hydrogen-bond donors (Lipinski definition) is 1. The zero-order chi connectivity index (χ0) is 19.6. The van der Waals surface area contributed by atoms with Crippen LogP contribution in [0.2, 0.25) is 0 Å². The van der Waals surface area contributed by atoms with E-state index >= 15 is 0 Å². The molecule has 9 heteroatoms. The molecule has 6 nitrogen and oxygen atoms in total. The standard InChI is InChI=1S/C19H21N3O3S3/c23-17(9-10-20-28(24,25)18-8-4-12-26-18)22-11-3-5-14(13-22)19-21-15-6-1-2-7-16(15)27-19/h1-2,4,6-8,12,14,20H,3,5,9-11,13H2/t14-/m1/s1. The first kappa shape index (κ1) is 19.5. The van der Waals surface area contributed by atoms with Crippen LogP contribution >= 0.6 is 22.7 Å². The third kappa shape index (κ3) is 4.27. The molecule has 28 heavy (non-hydrogen) atoms. The molecule has 1 N–H and O–H groups in total. The maximum atomic E-state index is 12.6. The Morgan fingerprint density at radius 2 is 2.11 bits per heavy atom. The first-order valence-corrected chi connectivity index (χ1v) is 12.4. The second-order valence-corrected chi connectivity index (χ2v) is 10.8. The molecule has 0 bridgehead atoms. The number of sulfonamides is 1. The van der Waals surface area contributed by atoms with Gasteiger partial charge in [-0.2, -0.15) is 0 Å². The van der Waals surface area contributed by atoms with Crippen LogP contribution in [0.25, 0.3) is 10.2 Å². The molecule has 1 aromatic carbocycles. The van der Waals surface area contributed by atoms with Crippen LogP contribution in [0.3, 0.4) is 0 Å². The molecule has 1 saturated heterocycles. The fourth-order valence-corrected chi connectivity index (χ4v) is 6.57. The Morgan fingerprint density at radius 3 is 2.89 bits per heavy atom. The van der Waals surface area contributed by atoms with Gasteiger partial charge >= 0.3 is 0 Å². The van der Waals surface area contributed by atoms with E-state index in [1.165, 1.54) is 4.70 Å². The molecule has 0 radical (unpaired) electrons. The number of likely N-dealkylation sites (tertiary alicyclic amines) is 1. The lowest BCUT2D eigenvalue weighted by Crippen LogP contribution is -2.40. The van der Waals surface area contributed by atoms with E-state index < -0.39 is 10.0 Å². The molecular weight excluding hydrogens is 414 g/mol. The Kier molecular flexibility index (Phi) is 5.77. The number of hydrogen-bond acceptors (Lipinski definition) is 6. The lowest BCUT2D eigenvalue weighted by Gasteiger charge is -2.32. The minimum absolute atomic E-state index is 0.0142. The largest absolute Gasteiger partial charge is 0.342 e. The number of carbonyl (C=O) groups excluding carboxylic acids is 1. The summed E-state index contributed by atoms with van der Waals surface area (Å²) in [4.78, 5) is 19.2. The van der Waals surface area contributed by atoms with Crippen molar-refractivity contribution in [1.29, 1.82) is 0 Å². The van der Waals surface area contributed by atoms with Gasteiger partial charge < -0.3 is 4.90 Å². The predicted molar refractivity (Wildman–Crippen MR) is 112 cm³/mol. The summed E-state index contributed by atoms with van der Waals surface area (Å²) in [6, 6.07) is 11.3. The summed E-state index contributed by atoms with van der Waals surface area (Å²) in [6.45, 7) is 1.48. The molecule has 3 heterocycles. The summed E-state index contributed by atoms with van der Waals surface area (Å²) in [6.07, 6.45) is 2.12. The molecule has 2 aromatic heterocycles. The molecule has 1 amide bonds. The molecule has 3 aromatic rings. The van der Waals surface area contributed by atoms with Crippen molar-refractivity contribution in [3.8, 4) is 0 Å². The van der Waals surface area contributed by atoms with Gasteiger partial charge in [0.05, 0.1) is 15.2 Å². The summed E-state index contributed by atoms with van der Waals surface area (Å²) in [5.74, 6) is 0.234. The minimum atomic E-state index is -3.52.